The molecule has 2 aliphatic rings. The van der Waals surface area contributed by atoms with Crippen LogP contribution < -0.4 is 15.4 Å². The summed E-state index contributed by atoms with van der Waals surface area (Å²) in [5, 5.41) is 6.08. The second kappa shape index (κ2) is 7.15. The molecule has 2 aromatic rings. The Labute approximate surface area is 156 Å². The highest BCUT2D eigenvalue weighted by atomic mass is 32.1. The highest BCUT2D eigenvalue weighted by molar-refractivity contribution is 7.80. The first-order valence-corrected chi connectivity index (χ1v) is 8.72. The molecule has 7 heteroatoms. The van der Waals surface area contributed by atoms with Crippen LogP contribution in [-0.2, 0) is 10.2 Å². The lowest BCUT2D eigenvalue weighted by molar-refractivity contribution is -0.123. The summed E-state index contributed by atoms with van der Waals surface area (Å²) in [4.78, 5) is 12.3. The van der Waals surface area contributed by atoms with E-state index in [2.05, 4.69) is 29.3 Å². The van der Waals surface area contributed by atoms with Gasteiger partial charge < -0.3 is 15.4 Å². The monoisotopic (exact) mass is 378 g/mol. The van der Waals surface area contributed by atoms with Crippen molar-refractivity contribution in [2.24, 2.45) is 0 Å². The van der Waals surface area contributed by atoms with Crippen molar-refractivity contribution < 1.29 is 18.3 Å². The van der Waals surface area contributed by atoms with Crippen molar-refractivity contribution in [3.8, 4) is 5.75 Å². The van der Waals surface area contributed by atoms with Crippen LogP contribution in [0.4, 0.5) is 20.2 Å². The fraction of sp³-hybridized carbons (Fsp3) is 0.316. The summed E-state index contributed by atoms with van der Waals surface area (Å²) in [6, 6.07) is 7.20. The lowest BCUT2D eigenvalue weighted by Gasteiger charge is -2.36. The molecular formula is C19H20F2N2O2S. The lowest BCUT2D eigenvalue weighted by atomic mass is 9.65. The van der Waals surface area contributed by atoms with Crippen LogP contribution in [0, 0.1) is 11.6 Å². The van der Waals surface area contributed by atoms with Crippen molar-refractivity contribution in [2.45, 2.75) is 29.6 Å². The first kappa shape index (κ1) is 18.5. The van der Waals surface area contributed by atoms with Gasteiger partial charge in [-0.3, -0.25) is 4.79 Å². The summed E-state index contributed by atoms with van der Waals surface area (Å²) in [6.07, 6.45) is 3.02. The van der Waals surface area contributed by atoms with Crippen molar-refractivity contribution in [3.05, 3.63) is 47.5 Å². The summed E-state index contributed by atoms with van der Waals surface area (Å²) in [5.41, 5.74) is 2.66. The highest BCUT2D eigenvalue weighted by Gasteiger charge is 2.52. The summed E-state index contributed by atoms with van der Waals surface area (Å²) < 4.78 is 29.7. The number of nitrogens with one attached hydrogen (secondary N) is 2. The van der Waals surface area contributed by atoms with Crippen LogP contribution in [0.15, 0.2) is 35.2 Å². The maximum Gasteiger partial charge on any atom is 0.235 e. The number of ether oxygens (including phenoxy) is 1. The normalized spacial score (nSPS) is 16.1. The van der Waals surface area contributed by atoms with E-state index >= 15 is 0 Å². The van der Waals surface area contributed by atoms with Crippen LogP contribution in [-0.4, -0.2) is 20.1 Å². The van der Waals surface area contributed by atoms with Gasteiger partial charge in [-0.25, -0.2) is 8.78 Å². The number of fused-ring (bicyclic) bond motifs is 2. The fourth-order valence-corrected chi connectivity index (χ4v) is 3.43. The summed E-state index contributed by atoms with van der Waals surface area (Å²) in [6.45, 7) is 0. The van der Waals surface area contributed by atoms with Gasteiger partial charge in [0.1, 0.15) is 17.4 Å². The number of hydrogen-bond donors (Lipinski definition) is 3. The van der Waals surface area contributed by atoms with Gasteiger partial charge in [-0.1, -0.05) is 6.42 Å². The first-order chi connectivity index (χ1) is 12.4. The molecule has 1 saturated carbocycles. The van der Waals surface area contributed by atoms with E-state index in [9.17, 15) is 13.6 Å². The van der Waals surface area contributed by atoms with E-state index in [4.69, 9.17) is 4.74 Å². The molecule has 1 heterocycles. The molecule has 2 aromatic carbocycles. The zero-order valence-electron chi connectivity index (χ0n) is 14.5. The molecule has 0 radical (unpaired) electrons. The first-order valence-electron chi connectivity index (χ1n) is 8.27. The standard InChI is InChI=1S/C13H16N2O2.C6H4F2S/c1-14-8-6-9-11(10(7-8)17-2)15-12(16)13(9)4-3-5-13;7-4-1-2-6(9)5(8)3-4/h6-7,14H,3-5H2,1-2H3,(H,15,16);1-3,9H. The Balaban J connectivity index is 0.000000185. The van der Waals surface area contributed by atoms with Gasteiger partial charge in [0.05, 0.1) is 18.2 Å². The van der Waals surface area contributed by atoms with Gasteiger partial charge >= 0.3 is 0 Å². The minimum absolute atomic E-state index is 0.130. The third-order valence-corrected chi connectivity index (χ3v) is 5.28. The van der Waals surface area contributed by atoms with Crippen molar-refractivity contribution in [1.29, 1.82) is 0 Å². The number of rotatable bonds is 2. The van der Waals surface area contributed by atoms with Gasteiger partial charge in [-0.05, 0) is 36.6 Å². The number of methoxy groups -OCH3 is 1. The van der Waals surface area contributed by atoms with Crippen molar-refractivity contribution in [2.75, 3.05) is 24.8 Å². The molecule has 0 saturated heterocycles. The summed E-state index contributed by atoms with van der Waals surface area (Å²) >= 11 is 3.70. The van der Waals surface area contributed by atoms with Crippen LogP contribution in [0.25, 0.3) is 0 Å². The largest absolute Gasteiger partial charge is 0.494 e. The van der Waals surface area contributed by atoms with Crippen LogP contribution in [0.3, 0.4) is 0 Å². The van der Waals surface area contributed by atoms with Gasteiger partial charge in [-0.15, -0.1) is 12.6 Å². The van der Waals surface area contributed by atoms with Gasteiger partial charge in [0.25, 0.3) is 0 Å². The van der Waals surface area contributed by atoms with Gasteiger partial charge in [0, 0.05) is 29.8 Å². The molecule has 4 nitrogen and oxygen atoms in total. The van der Waals surface area contributed by atoms with Crippen LogP contribution in [0.5, 0.6) is 5.75 Å². The minimum atomic E-state index is -0.627. The SMILES string of the molecule is CNc1cc(OC)c2c(c1)C1(CCC1)C(=O)N2.Fc1ccc(S)c(F)c1. The quantitative estimate of drug-likeness (QED) is 0.681. The molecule has 0 atom stereocenters. The highest BCUT2D eigenvalue weighted by Crippen LogP contribution is 2.54. The number of benzene rings is 2. The zero-order valence-corrected chi connectivity index (χ0v) is 15.4. The van der Waals surface area contributed by atoms with E-state index in [1.54, 1.807) is 7.11 Å². The lowest BCUT2D eigenvalue weighted by Crippen LogP contribution is -2.40. The molecule has 138 valence electrons. The average Bonchev–Trinajstić information content (AvgIpc) is 2.90. The Morgan fingerprint density at radius 1 is 1.23 bits per heavy atom. The zero-order chi connectivity index (χ0) is 18.9. The Morgan fingerprint density at radius 3 is 2.46 bits per heavy atom. The molecule has 1 aliphatic carbocycles. The Kier molecular flexibility index (Phi) is 5.09. The fourth-order valence-electron chi connectivity index (χ4n) is 3.29. The molecule has 2 N–H and O–H groups in total. The third-order valence-electron chi connectivity index (χ3n) is 4.92. The summed E-state index contributed by atoms with van der Waals surface area (Å²) in [7, 11) is 3.51. The maximum atomic E-state index is 12.3. The number of hydrogen-bond acceptors (Lipinski definition) is 4. The molecule has 1 fully saturated rings. The number of carbonyl (C=O) groups excluding carboxylic acids is 1. The minimum Gasteiger partial charge on any atom is -0.494 e. The number of anilines is 2. The van der Waals surface area contributed by atoms with E-state index < -0.39 is 11.6 Å². The van der Waals surface area contributed by atoms with Crippen molar-refractivity contribution in [1.82, 2.24) is 0 Å². The third kappa shape index (κ3) is 3.11. The predicted octanol–water partition coefficient (Wildman–Crippen LogP) is 4.36. The van der Waals surface area contributed by atoms with E-state index in [0.717, 1.165) is 54.1 Å². The van der Waals surface area contributed by atoms with E-state index in [-0.39, 0.29) is 16.2 Å². The molecule has 26 heavy (non-hydrogen) atoms. The molecule has 1 aliphatic heterocycles. The van der Waals surface area contributed by atoms with Gasteiger partial charge in [-0.2, -0.15) is 0 Å². The molecular weight excluding hydrogens is 358 g/mol. The van der Waals surface area contributed by atoms with Gasteiger partial charge in [0.15, 0.2) is 0 Å². The van der Waals surface area contributed by atoms with Crippen molar-refractivity contribution in [3.63, 3.8) is 0 Å². The van der Waals surface area contributed by atoms with E-state index in [1.165, 1.54) is 6.07 Å². The Hall–Kier alpha value is -2.28. The molecule has 1 spiro atoms. The maximum absolute atomic E-state index is 12.3. The number of halogens is 2. The average molecular weight is 378 g/mol. The number of thiol groups is 1. The molecule has 0 bridgehead atoms. The van der Waals surface area contributed by atoms with E-state index in [1.807, 2.05) is 13.1 Å². The Morgan fingerprint density at radius 2 is 1.96 bits per heavy atom. The molecule has 4 rings (SSSR count). The summed E-state index contributed by atoms with van der Waals surface area (Å²) in [5.74, 6) is -0.335. The molecule has 1 amide bonds. The van der Waals surface area contributed by atoms with Crippen molar-refractivity contribution >= 4 is 29.9 Å². The topological polar surface area (TPSA) is 50.4 Å². The Bertz CT molecular complexity index is 854. The molecule has 0 unspecified atom stereocenters. The molecule has 0 aromatic heterocycles. The van der Waals surface area contributed by atoms with Crippen LogP contribution in [0.1, 0.15) is 24.8 Å². The number of amides is 1. The van der Waals surface area contributed by atoms with Crippen LogP contribution in [0.2, 0.25) is 0 Å². The second-order valence-corrected chi connectivity index (χ2v) is 6.82. The predicted molar refractivity (Wildman–Crippen MR) is 100 cm³/mol. The second-order valence-electron chi connectivity index (χ2n) is 6.34. The smallest absolute Gasteiger partial charge is 0.235 e. The van der Waals surface area contributed by atoms with E-state index in [0.29, 0.717) is 0 Å². The number of carbonyl (C=O) groups is 1. The van der Waals surface area contributed by atoms with Gasteiger partial charge in [0.2, 0.25) is 5.91 Å². The van der Waals surface area contributed by atoms with Crippen LogP contribution >= 0.6 is 12.6 Å².